The molecule has 12 N–H and O–H groups in total. The molecule has 3 saturated carbocycles. The Bertz CT molecular complexity index is 2110. The molecule has 2 bridgehead atoms. The Morgan fingerprint density at radius 1 is 0.808 bits per heavy atom. The van der Waals surface area contributed by atoms with Crippen LogP contribution in [0, 0.1) is 28.6 Å². The van der Waals surface area contributed by atoms with Crippen LogP contribution in [0.25, 0.3) is 0 Å². The first-order valence-corrected chi connectivity index (χ1v) is 26.4. The monoisotopic (exact) mass is 1050 g/mol. The average Bonchev–Trinajstić information content (AvgIpc) is 3.52. The van der Waals surface area contributed by atoms with Gasteiger partial charge in [-0.15, -0.1) is 11.8 Å². The molecule has 2 aromatic rings. The first-order chi connectivity index (χ1) is 34.3. The van der Waals surface area contributed by atoms with Crippen molar-refractivity contribution in [3.8, 4) is 0 Å². The second-order valence-corrected chi connectivity index (χ2v) is 24.1. The fourth-order valence-electron chi connectivity index (χ4n) is 13.2. The van der Waals surface area contributed by atoms with Crippen molar-refractivity contribution in [2.24, 2.45) is 28.6 Å². The van der Waals surface area contributed by atoms with Crippen molar-refractivity contribution in [2.45, 2.75) is 201 Å². The van der Waals surface area contributed by atoms with E-state index in [-0.39, 0.29) is 32.7 Å². The summed E-state index contributed by atoms with van der Waals surface area (Å²) in [5.41, 5.74) is -7.12. The van der Waals surface area contributed by atoms with E-state index in [4.69, 9.17) is 37.9 Å². The predicted octanol–water partition coefficient (Wildman–Crippen LogP) is 0.889. The van der Waals surface area contributed by atoms with Gasteiger partial charge in [-0.3, -0.25) is 5.32 Å². The van der Waals surface area contributed by atoms with Crippen molar-refractivity contribution < 1.29 is 94.1 Å². The van der Waals surface area contributed by atoms with Gasteiger partial charge in [0.1, 0.15) is 23.9 Å². The number of thioether (sulfide) groups is 1. The molecule has 23 atom stereocenters. The van der Waals surface area contributed by atoms with Gasteiger partial charge in [0.2, 0.25) is 6.41 Å². The first kappa shape index (κ1) is 57.2. The summed E-state index contributed by atoms with van der Waals surface area (Å²) in [6, 6.07) is 15.7. The third kappa shape index (κ3) is 10.7. The second-order valence-electron chi connectivity index (χ2n) is 22.8. The molecule has 8 rings (SSSR count). The van der Waals surface area contributed by atoms with Crippen LogP contribution < -0.4 is 5.32 Å². The Morgan fingerprint density at radius 2 is 1.41 bits per heavy atom. The van der Waals surface area contributed by atoms with Gasteiger partial charge in [0, 0.05) is 54.3 Å². The normalized spacial score (nSPS) is 41.3. The maximum atomic E-state index is 14.0. The fraction of sp³-hybridized carbons (Fsp3) is 0.769. The van der Waals surface area contributed by atoms with Gasteiger partial charge in [-0.05, 0) is 45.6 Å². The Morgan fingerprint density at radius 3 is 1.97 bits per heavy atom. The summed E-state index contributed by atoms with van der Waals surface area (Å²) in [5, 5.41) is 133. The third-order valence-corrected chi connectivity index (χ3v) is 18.5. The van der Waals surface area contributed by atoms with E-state index in [0.717, 1.165) is 11.8 Å². The van der Waals surface area contributed by atoms with Gasteiger partial charge in [0.05, 0.1) is 71.0 Å². The van der Waals surface area contributed by atoms with E-state index in [9.17, 15) is 56.2 Å². The minimum atomic E-state index is -2.22. The number of rotatable bonds is 17. The standard InChI is InChI=1S/C52H79NO19S/c1-25-29(68-45(61)35(33(27-16-11-9-12-17-27)53-47(63)72-48(3,4)5)69-46(62)39-37-36(38(73-39)43(58)59)65-20-15-21-66-37)23-52(64)42(70-44(60)28-18-13-10-14-19-28)40-50(8,41(57)34(56)32(25)49(52,6)7)30(55)22-31-51(40,24-67-31)71-26(2)54/h9-14,16-19,25-26,29-47,53-64H,15,20-24H2,1-8H3/t25-,26+,29+,30+,31-,32?,33+,34-,35-,36?,37-,38-,39?,40+,41-,42+,44-,45+,46-,47-,50-,51+,52-/m1/s1. The van der Waals surface area contributed by atoms with Crippen LogP contribution in [0.1, 0.15) is 98.1 Å². The van der Waals surface area contributed by atoms with Crippen LogP contribution in [-0.2, 0) is 37.9 Å². The van der Waals surface area contributed by atoms with Crippen molar-refractivity contribution in [2.75, 3.05) is 19.8 Å². The van der Waals surface area contributed by atoms with E-state index in [1.54, 1.807) is 109 Å². The minimum Gasteiger partial charge on any atom is -0.392 e. The zero-order chi connectivity index (χ0) is 53.2. The van der Waals surface area contributed by atoms with Crippen LogP contribution in [0.15, 0.2) is 60.7 Å². The summed E-state index contributed by atoms with van der Waals surface area (Å²) in [6.07, 6.45) is -22.6. The van der Waals surface area contributed by atoms with Crippen molar-refractivity contribution in [3.63, 3.8) is 0 Å². The SMILES string of the molecule is C[C@@H](O)O[C@@]12CO[C@@H]1C[C@H](O)[C@@]1(C)[C@H](O)[C@H](O)C3[C@H](C)[C@@H](O[C@H](O)[C@H](O[C@@H](O)C4S[C@@H](C(O)O)C5OCCCO[C@H]54)[C@@H](N[C@H](O)OC(C)(C)C)c4ccccc4)C[C@@](O)([C@@H](O[C@@H](O)c4ccccc4)[C@H]21)C3(C)C. The minimum absolute atomic E-state index is 0.0715. The maximum absolute atomic E-state index is 14.0. The lowest BCUT2D eigenvalue weighted by Gasteiger charge is -2.71. The molecule has 2 aromatic carbocycles. The Hall–Kier alpha value is -2.01. The largest absolute Gasteiger partial charge is 0.392 e. The van der Waals surface area contributed by atoms with Gasteiger partial charge in [-0.2, -0.15) is 0 Å². The summed E-state index contributed by atoms with van der Waals surface area (Å²) in [4.78, 5) is 0. The Labute approximate surface area is 430 Å². The lowest BCUT2D eigenvalue weighted by molar-refractivity contribution is -0.417. The molecule has 3 aliphatic heterocycles. The number of fused-ring (bicyclic) bond motifs is 6. The molecule has 0 radical (unpaired) electrons. The molecular weight excluding hydrogens is 975 g/mol. The molecule has 3 aliphatic carbocycles. The molecule has 3 heterocycles. The quantitative estimate of drug-likeness (QED) is 0.0980. The highest BCUT2D eigenvalue weighted by molar-refractivity contribution is 8.01. The summed E-state index contributed by atoms with van der Waals surface area (Å²) in [6.45, 7) is 13.6. The van der Waals surface area contributed by atoms with Crippen LogP contribution in [0.3, 0.4) is 0 Å². The summed E-state index contributed by atoms with van der Waals surface area (Å²) >= 11 is 0.983. The van der Waals surface area contributed by atoms with Crippen LogP contribution in [-0.4, -0.2) is 190 Å². The van der Waals surface area contributed by atoms with Gasteiger partial charge < -0.3 is 94.1 Å². The number of hydrogen-bond acceptors (Lipinski definition) is 21. The highest BCUT2D eigenvalue weighted by Gasteiger charge is 2.78. The molecule has 0 spiro atoms. The Kier molecular flexibility index (Phi) is 17.2. The third-order valence-electron chi connectivity index (χ3n) is 16.8. The zero-order valence-corrected chi connectivity index (χ0v) is 43.6. The highest BCUT2D eigenvalue weighted by Crippen LogP contribution is 2.66. The lowest BCUT2D eigenvalue weighted by Crippen LogP contribution is -2.83. The van der Waals surface area contributed by atoms with Crippen molar-refractivity contribution in [1.82, 2.24) is 5.32 Å². The van der Waals surface area contributed by atoms with E-state index in [2.05, 4.69) is 5.32 Å². The van der Waals surface area contributed by atoms with Gasteiger partial charge in [0.25, 0.3) is 0 Å². The van der Waals surface area contributed by atoms with Crippen LogP contribution in [0.4, 0.5) is 0 Å². The van der Waals surface area contributed by atoms with E-state index in [1.165, 1.54) is 6.92 Å². The summed E-state index contributed by atoms with van der Waals surface area (Å²) in [7, 11) is 0. The van der Waals surface area contributed by atoms with E-state index in [0.29, 0.717) is 17.5 Å². The molecule has 20 nitrogen and oxygen atoms in total. The number of hydrogen-bond donors (Lipinski definition) is 12. The number of nitrogens with one attached hydrogen (secondary N) is 1. The molecule has 3 unspecified atom stereocenters. The molecule has 73 heavy (non-hydrogen) atoms. The van der Waals surface area contributed by atoms with Crippen LogP contribution >= 0.6 is 11.8 Å². The van der Waals surface area contributed by atoms with Gasteiger partial charge in [0.15, 0.2) is 31.5 Å². The summed E-state index contributed by atoms with van der Waals surface area (Å²) in [5.74, 6) is -3.27. The molecule has 0 amide bonds. The van der Waals surface area contributed by atoms with Crippen molar-refractivity contribution in [3.05, 3.63) is 71.8 Å². The average molecular weight is 1050 g/mol. The molecule has 0 aromatic heterocycles. The van der Waals surface area contributed by atoms with E-state index in [1.807, 2.05) is 0 Å². The van der Waals surface area contributed by atoms with Crippen molar-refractivity contribution >= 4 is 11.8 Å². The molecule has 412 valence electrons. The molecule has 6 fully saturated rings. The van der Waals surface area contributed by atoms with Gasteiger partial charge in [-0.1, -0.05) is 88.4 Å². The predicted molar refractivity (Wildman–Crippen MR) is 260 cm³/mol. The first-order valence-electron chi connectivity index (χ1n) is 25.5. The second kappa shape index (κ2) is 22.0. The lowest BCUT2D eigenvalue weighted by atomic mass is 9.42. The molecule has 21 heteroatoms. The topological polar surface area (TPSA) is 308 Å². The van der Waals surface area contributed by atoms with E-state index < -0.39 is 155 Å². The highest BCUT2D eigenvalue weighted by atomic mass is 32.2. The number of aliphatic hydroxyl groups is 11. The molecule has 3 saturated heterocycles. The van der Waals surface area contributed by atoms with E-state index >= 15 is 0 Å². The number of benzene rings is 2. The van der Waals surface area contributed by atoms with Gasteiger partial charge >= 0.3 is 0 Å². The Balaban J connectivity index is 1.23. The summed E-state index contributed by atoms with van der Waals surface area (Å²) < 4.78 is 50.4. The number of aliphatic hydroxyl groups excluding tert-OH is 9. The zero-order valence-electron chi connectivity index (χ0n) is 42.7. The van der Waals surface area contributed by atoms with Crippen LogP contribution in [0.5, 0.6) is 0 Å². The molecule has 6 aliphatic rings. The fourth-order valence-corrected chi connectivity index (χ4v) is 14.7. The molecular formula is C52H79NO19S. The van der Waals surface area contributed by atoms with Gasteiger partial charge in [-0.25, -0.2) is 0 Å². The van der Waals surface area contributed by atoms with Crippen molar-refractivity contribution in [1.29, 1.82) is 0 Å². The van der Waals surface area contributed by atoms with Crippen LogP contribution in [0.2, 0.25) is 0 Å². The maximum Gasteiger partial charge on any atom is 0.214 e. The smallest absolute Gasteiger partial charge is 0.214 e. The number of ether oxygens (including phenoxy) is 8.